The summed E-state index contributed by atoms with van der Waals surface area (Å²) in [6.07, 6.45) is 3.58. The molecule has 0 saturated heterocycles. The third-order valence-electron chi connectivity index (χ3n) is 3.26. The van der Waals surface area contributed by atoms with Crippen LogP contribution in [0.15, 0.2) is 60.9 Å². The van der Waals surface area contributed by atoms with Gasteiger partial charge in [-0.25, -0.2) is 0 Å². The molecular formula is C17H14Cl2N4S. The Kier molecular flexibility index (Phi) is 5.35. The molecule has 0 radical (unpaired) electrons. The van der Waals surface area contributed by atoms with Crippen molar-refractivity contribution in [1.29, 1.82) is 0 Å². The summed E-state index contributed by atoms with van der Waals surface area (Å²) >= 11 is 17.4. The van der Waals surface area contributed by atoms with E-state index in [1.54, 1.807) is 16.9 Å². The predicted octanol–water partition coefficient (Wildman–Crippen LogP) is 5.05. The number of hydrogen-bond donors (Lipinski definition) is 2. The van der Waals surface area contributed by atoms with Crippen LogP contribution in [0, 0.1) is 0 Å². The number of rotatable bonds is 4. The zero-order chi connectivity index (χ0) is 16.9. The molecule has 4 nitrogen and oxygen atoms in total. The average molecular weight is 377 g/mol. The van der Waals surface area contributed by atoms with Crippen molar-refractivity contribution in [3.63, 3.8) is 0 Å². The van der Waals surface area contributed by atoms with E-state index in [0.29, 0.717) is 16.7 Å². The molecule has 3 aromatic rings. The van der Waals surface area contributed by atoms with Crippen molar-refractivity contribution in [3.8, 4) is 0 Å². The fourth-order valence-electron chi connectivity index (χ4n) is 2.18. The largest absolute Gasteiger partial charge is 0.332 e. The zero-order valence-electron chi connectivity index (χ0n) is 12.5. The van der Waals surface area contributed by atoms with E-state index in [9.17, 15) is 0 Å². The molecule has 24 heavy (non-hydrogen) atoms. The third kappa shape index (κ3) is 4.47. The van der Waals surface area contributed by atoms with Crippen LogP contribution in [0.3, 0.4) is 0 Å². The van der Waals surface area contributed by atoms with Crippen LogP contribution in [0.1, 0.15) is 5.56 Å². The van der Waals surface area contributed by atoms with E-state index in [1.165, 1.54) is 0 Å². The highest BCUT2D eigenvalue weighted by atomic mass is 35.5. The predicted molar refractivity (Wildman–Crippen MR) is 104 cm³/mol. The van der Waals surface area contributed by atoms with Crippen LogP contribution in [-0.2, 0) is 6.54 Å². The molecule has 2 N–H and O–H groups in total. The first-order valence-electron chi connectivity index (χ1n) is 7.19. The molecule has 0 aliphatic carbocycles. The lowest BCUT2D eigenvalue weighted by Gasteiger charge is -2.09. The van der Waals surface area contributed by atoms with Gasteiger partial charge in [0.05, 0.1) is 18.4 Å². The van der Waals surface area contributed by atoms with E-state index in [-0.39, 0.29) is 0 Å². The van der Waals surface area contributed by atoms with E-state index in [4.69, 9.17) is 35.4 Å². The molecule has 0 aliphatic heterocycles. The third-order valence-corrected chi connectivity index (χ3v) is 4.07. The van der Waals surface area contributed by atoms with E-state index in [2.05, 4.69) is 15.7 Å². The Morgan fingerprint density at radius 1 is 1.04 bits per heavy atom. The minimum absolute atomic E-state index is 0.467. The minimum atomic E-state index is 0.467. The van der Waals surface area contributed by atoms with Gasteiger partial charge in [0.25, 0.3) is 0 Å². The highest BCUT2D eigenvalue weighted by molar-refractivity contribution is 7.80. The van der Waals surface area contributed by atoms with Crippen molar-refractivity contribution in [2.24, 2.45) is 0 Å². The van der Waals surface area contributed by atoms with E-state index in [0.717, 1.165) is 22.0 Å². The molecule has 122 valence electrons. The molecular weight excluding hydrogens is 363 g/mol. The minimum Gasteiger partial charge on any atom is -0.332 e. The Morgan fingerprint density at radius 3 is 2.62 bits per heavy atom. The fourth-order valence-corrected chi connectivity index (χ4v) is 2.80. The smallest absolute Gasteiger partial charge is 0.175 e. The van der Waals surface area contributed by atoms with Gasteiger partial charge >= 0.3 is 0 Å². The molecule has 1 aromatic heterocycles. The van der Waals surface area contributed by atoms with E-state index in [1.807, 2.05) is 48.7 Å². The van der Waals surface area contributed by atoms with Crippen molar-refractivity contribution >= 4 is 51.9 Å². The summed E-state index contributed by atoms with van der Waals surface area (Å²) in [4.78, 5) is 0. The fraction of sp³-hybridized carbons (Fsp3) is 0.0588. The van der Waals surface area contributed by atoms with Crippen LogP contribution in [0.4, 0.5) is 11.4 Å². The molecule has 0 aliphatic rings. The summed E-state index contributed by atoms with van der Waals surface area (Å²) < 4.78 is 1.80. The maximum atomic E-state index is 6.17. The molecule has 0 saturated carbocycles. The van der Waals surface area contributed by atoms with Crippen molar-refractivity contribution in [1.82, 2.24) is 9.78 Å². The highest BCUT2D eigenvalue weighted by Gasteiger charge is 2.05. The number of halogens is 2. The lowest BCUT2D eigenvalue weighted by molar-refractivity contribution is 0.687. The van der Waals surface area contributed by atoms with Gasteiger partial charge in [0.15, 0.2) is 5.11 Å². The Bertz CT molecular complexity index is 863. The lowest BCUT2D eigenvalue weighted by atomic mass is 10.2. The van der Waals surface area contributed by atoms with Crippen LogP contribution in [0.2, 0.25) is 10.0 Å². The zero-order valence-corrected chi connectivity index (χ0v) is 14.9. The van der Waals surface area contributed by atoms with Gasteiger partial charge in [0.1, 0.15) is 0 Å². The number of hydrogen-bond acceptors (Lipinski definition) is 2. The van der Waals surface area contributed by atoms with Gasteiger partial charge in [-0.05, 0) is 42.0 Å². The topological polar surface area (TPSA) is 41.9 Å². The van der Waals surface area contributed by atoms with Crippen molar-refractivity contribution in [2.75, 3.05) is 10.6 Å². The molecule has 0 fully saturated rings. The molecule has 0 spiro atoms. The number of nitrogens with one attached hydrogen (secondary N) is 2. The van der Waals surface area contributed by atoms with E-state index < -0.39 is 0 Å². The summed E-state index contributed by atoms with van der Waals surface area (Å²) in [5.74, 6) is 0. The van der Waals surface area contributed by atoms with Gasteiger partial charge in [-0.15, -0.1) is 0 Å². The van der Waals surface area contributed by atoms with Crippen molar-refractivity contribution < 1.29 is 0 Å². The number of nitrogens with zero attached hydrogens (tertiary/aromatic N) is 2. The molecule has 2 aromatic carbocycles. The van der Waals surface area contributed by atoms with Crippen LogP contribution >= 0.6 is 35.4 Å². The maximum absolute atomic E-state index is 6.17. The standard InChI is InChI=1S/C17H14Cl2N4S/c18-13-5-3-6-14(8-13)21-17(24)22-15-9-20-23(11-15)10-12-4-1-2-7-16(12)19/h1-9,11H,10H2,(H2,21,22,24). The second-order valence-corrected chi connectivity index (χ2v) is 6.36. The number of benzene rings is 2. The molecule has 7 heteroatoms. The second-order valence-electron chi connectivity index (χ2n) is 5.11. The van der Waals surface area contributed by atoms with Crippen LogP contribution < -0.4 is 10.6 Å². The number of aromatic nitrogens is 2. The summed E-state index contributed by atoms with van der Waals surface area (Å²) in [6.45, 7) is 0.593. The monoisotopic (exact) mass is 376 g/mol. The Labute approximate surface area is 155 Å². The normalized spacial score (nSPS) is 10.4. The van der Waals surface area contributed by atoms with Crippen LogP contribution in [0.25, 0.3) is 0 Å². The summed E-state index contributed by atoms with van der Waals surface area (Å²) in [5, 5.41) is 12.3. The van der Waals surface area contributed by atoms with Crippen LogP contribution in [-0.4, -0.2) is 14.9 Å². The molecule has 3 rings (SSSR count). The summed E-state index contributed by atoms with van der Waals surface area (Å²) in [5.41, 5.74) is 2.62. The average Bonchev–Trinajstić information content (AvgIpc) is 2.96. The first-order chi connectivity index (χ1) is 11.6. The van der Waals surface area contributed by atoms with Crippen molar-refractivity contribution in [3.05, 3.63) is 76.5 Å². The van der Waals surface area contributed by atoms with Gasteiger partial charge in [0.2, 0.25) is 0 Å². The molecule has 0 atom stereocenters. The second kappa shape index (κ2) is 7.66. The van der Waals surface area contributed by atoms with Gasteiger partial charge in [0, 0.05) is 21.9 Å². The number of anilines is 2. The summed E-state index contributed by atoms with van der Waals surface area (Å²) in [7, 11) is 0. The lowest BCUT2D eigenvalue weighted by Crippen LogP contribution is -2.18. The van der Waals surface area contributed by atoms with E-state index >= 15 is 0 Å². The maximum Gasteiger partial charge on any atom is 0.175 e. The molecule has 1 heterocycles. The highest BCUT2D eigenvalue weighted by Crippen LogP contribution is 2.18. The van der Waals surface area contributed by atoms with Crippen LogP contribution in [0.5, 0.6) is 0 Å². The quantitative estimate of drug-likeness (QED) is 0.625. The first-order valence-corrected chi connectivity index (χ1v) is 8.36. The van der Waals surface area contributed by atoms with Gasteiger partial charge in [-0.3, -0.25) is 4.68 Å². The number of thiocarbonyl (C=S) groups is 1. The first kappa shape index (κ1) is 16.8. The Hall–Kier alpha value is -2.08. The van der Waals surface area contributed by atoms with Gasteiger partial charge in [-0.2, -0.15) is 5.10 Å². The van der Waals surface area contributed by atoms with Crippen molar-refractivity contribution in [2.45, 2.75) is 6.54 Å². The summed E-state index contributed by atoms with van der Waals surface area (Å²) in [6, 6.07) is 15.1. The Morgan fingerprint density at radius 2 is 1.83 bits per heavy atom. The molecule has 0 unspecified atom stereocenters. The Balaban J connectivity index is 1.61. The van der Waals surface area contributed by atoms with Gasteiger partial charge < -0.3 is 10.6 Å². The molecule has 0 amide bonds. The van der Waals surface area contributed by atoms with Gasteiger partial charge in [-0.1, -0.05) is 47.5 Å². The molecule has 0 bridgehead atoms. The SMILES string of the molecule is S=C(Nc1cccc(Cl)c1)Nc1cnn(Cc2ccccc2Cl)c1.